The van der Waals surface area contributed by atoms with Gasteiger partial charge < -0.3 is 20.1 Å². The summed E-state index contributed by atoms with van der Waals surface area (Å²) < 4.78 is 15.4. The standard InChI is InChI=1S/C22H23FN4O2/c1-26(13-18-11-16-10-17(23)5-6-19(16)27(18)2)21(29)8-3-14-9-15-4-7-20(28)25-22(15)24-12-14/h3,5-6,8-12,22,24H,4,7,13H2,1-2H3,(H,25,28)/b8-3+. The molecule has 3 heterocycles. The van der Waals surface area contributed by atoms with Gasteiger partial charge in [-0.1, -0.05) is 6.08 Å². The third-order valence-corrected chi connectivity index (χ3v) is 5.38. The van der Waals surface area contributed by atoms with E-state index in [1.165, 1.54) is 18.2 Å². The lowest BCUT2D eigenvalue weighted by Crippen LogP contribution is -2.48. The zero-order valence-electron chi connectivity index (χ0n) is 16.4. The average molecular weight is 394 g/mol. The number of nitrogens with one attached hydrogen (secondary N) is 2. The molecule has 1 saturated heterocycles. The van der Waals surface area contributed by atoms with Gasteiger partial charge in [-0.15, -0.1) is 0 Å². The number of hydrogen-bond acceptors (Lipinski definition) is 3. The lowest BCUT2D eigenvalue weighted by atomic mass is 9.97. The Kier molecular flexibility index (Phi) is 4.96. The molecular formula is C22H23FN4O2. The van der Waals surface area contributed by atoms with Crippen LogP contribution in [0.5, 0.6) is 0 Å². The van der Waals surface area contributed by atoms with Crippen molar-refractivity contribution in [3.8, 4) is 0 Å². The number of carbonyl (C=O) groups excluding carboxylic acids is 2. The fraction of sp³-hybridized carbons (Fsp3) is 0.273. The van der Waals surface area contributed by atoms with Crippen LogP contribution in [0.25, 0.3) is 10.9 Å². The molecule has 1 aromatic carbocycles. The van der Waals surface area contributed by atoms with Gasteiger partial charge in [0.15, 0.2) is 0 Å². The second kappa shape index (κ2) is 7.58. The van der Waals surface area contributed by atoms with Crippen LogP contribution in [-0.4, -0.2) is 34.5 Å². The SMILES string of the molecule is CN(Cc1cc2cc(F)ccc2n1C)C(=O)/C=C/C1=CNC2NC(=O)CCC2=C1. The minimum absolute atomic E-state index is 0.0416. The first-order chi connectivity index (χ1) is 13.9. The number of amides is 2. The van der Waals surface area contributed by atoms with Gasteiger partial charge in [-0.05, 0) is 47.9 Å². The number of piperidine rings is 1. The smallest absolute Gasteiger partial charge is 0.246 e. The molecular weight excluding hydrogens is 371 g/mol. The van der Waals surface area contributed by atoms with E-state index >= 15 is 0 Å². The number of allylic oxidation sites excluding steroid dienone is 3. The van der Waals surface area contributed by atoms with Gasteiger partial charge in [-0.2, -0.15) is 0 Å². The second-order valence-corrected chi connectivity index (χ2v) is 7.46. The van der Waals surface area contributed by atoms with E-state index in [0.29, 0.717) is 19.4 Å². The van der Waals surface area contributed by atoms with E-state index < -0.39 is 0 Å². The van der Waals surface area contributed by atoms with Gasteiger partial charge >= 0.3 is 0 Å². The van der Waals surface area contributed by atoms with E-state index in [1.54, 1.807) is 30.3 Å². The first-order valence-corrected chi connectivity index (χ1v) is 9.54. The molecule has 0 spiro atoms. The topological polar surface area (TPSA) is 66.4 Å². The van der Waals surface area contributed by atoms with E-state index in [-0.39, 0.29) is 23.8 Å². The average Bonchev–Trinajstić information content (AvgIpc) is 3.00. The predicted octanol–water partition coefficient (Wildman–Crippen LogP) is 2.48. The Balaban J connectivity index is 1.42. The van der Waals surface area contributed by atoms with Crippen molar-refractivity contribution in [3.05, 3.63) is 71.4 Å². The van der Waals surface area contributed by atoms with Gasteiger partial charge in [0.25, 0.3) is 0 Å². The van der Waals surface area contributed by atoms with E-state index in [9.17, 15) is 14.0 Å². The van der Waals surface area contributed by atoms with Crippen molar-refractivity contribution in [2.24, 2.45) is 7.05 Å². The van der Waals surface area contributed by atoms with Crippen LogP contribution >= 0.6 is 0 Å². The fourth-order valence-electron chi connectivity index (χ4n) is 3.71. The molecule has 2 aliphatic heterocycles. The molecule has 7 heteroatoms. The van der Waals surface area contributed by atoms with Crippen LogP contribution < -0.4 is 10.6 Å². The Morgan fingerprint density at radius 1 is 1.34 bits per heavy atom. The summed E-state index contributed by atoms with van der Waals surface area (Å²) in [5.74, 6) is -0.356. The van der Waals surface area contributed by atoms with Crippen LogP contribution in [0.1, 0.15) is 18.5 Å². The fourth-order valence-corrected chi connectivity index (χ4v) is 3.71. The molecule has 0 aliphatic carbocycles. The Labute approximate surface area is 168 Å². The second-order valence-electron chi connectivity index (χ2n) is 7.46. The van der Waals surface area contributed by atoms with Crippen molar-refractivity contribution in [2.75, 3.05) is 7.05 Å². The van der Waals surface area contributed by atoms with Gasteiger partial charge in [-0.25, -0.2) is 4.39 Å². The van der Waals surface area contributed by atoms with E-state index in [1.807, 2.05) is 23.8 Å². The highest BCUT2D eigenvalue weighted by molar-refractivity contribution is 5.88. The zero-order valence-corrected chi connectivity index (χ0v) is 16.4. The van der Waals surface area contributed by atoms with Crippen molar-refractivity contribution in [3.63, 3.8) is 0 Å². The lowest BCUT2D eigenvalue weighted by molar-refractivity contribution is -0.125. The number of nitrogens with zero attached hydrogens (tertiary/aromatic N) is 2. The summed E-state index contributed by atoms with van der Waals surface area (Å²) in [4.78, 5) is 25.6. The van der Waals surface area contributed by atoms with Crippen LogP contribution in [-0.2, 0) is 23.2 Å². The highest BCUT2D eigenvalue weighted by Gasteiger charge is 2.24. The molecule has 2 aromatic rings. The Morgan fingerprint density at radius 2 is 2.17 bits per heavy atom. The van der Waals surface area contributed by atoms with E-state index in [2.05, 4.69) is 10.6 Å². The van der Waals surface area contributed by atoms with Crippen LogP contribution in [0.15, 0.2) is 59.8 Å². The quantitative estimate of drug-likeness (QED) is 0.783. The summed E-state index contributed by atoms with van der Waals surface area (Å²) in [6.07, 6.45) is 8.15. The van der Waals surface area contributed by atoms with Crippen LogP contribution in [0.3, 0.4) is 0 Å². The van der Waals surface area contributed by atoms with Crippen molar-refractivity contribution < 1.29 is 14.0 Å². The molecule has 2 amide bonds. The van der Waals surface area contributed by atoms with Crippen molar-refractivity contribution in [1.82, 2.24) is 20.1 Å². The summed E-state index contributed by atoms with van der Waals surface area (Å²) in [5.41, 5.74) is 3.85. The Morgan fingerprint density at radius 3 is 3.00 bits per heavy atom. The molecule has 1 atom stereocenters. The molecule has 1 fully saturated rings. The molecule has 0 bridgehead atoms. The summed E-state index contributed by atoms with van der Waals surface area (Å²) in [7, 11) is 3.65. The summed E-state index contributed by atoms with van der Waals surface area (Å²) in [5, 5.41) is 6.85. The predicted molar refractivity (Wildman–Crippen MR) is 109 cm³/mol. The summed E-state index contributed by atoms with van der Waals surface area (Å²) in [6, 6.07) is 6.58. The molecule has 1 aromatic heterocycles. The number of halogens is 1. The summed E-state index contributed by atoms with van der Waals surface area (Å²) in [6.45, 7) is 0.419. The maximum absolute atomic E-state index is 13.4. The number of likely N-dealkylation sites (N-methyl/N-ethyl adjacent to an activating group) is 1. The highest BCUT2D eigenvalue weighted by Crippen LogP contribution is 2.22. The van der Waals surface area contributed by atoms with Crippen LogP contribution in [0.4, 0.5) is 4.39 Å². The number of benzene rings is 1. The number of fused-ring (bicyclic) bond motifs is 2. The summed E-state index contributed by atoms with van der Waals surface area (Å²) >= 11 is 0. The third-order valence-electron chi connectivity index (χ3n) is 5.38. The molecule has 0 saturated carbocycles. The highest BCUT2D eigenvalue weighted by atomic mass is 19.1. The number of hydrogen-bond donors (Lipinski definition) is 2. The minimum atomic E-state index is -0.273. The third kappa shape index (κ3) is 3.94. The first kappa shape index (κ1) is 19.0. The largest absolute Gasteiger partial charge is 0.367 e. The number of aryl methyl sites for hydroxylation is 1. The number of carbonyl (C=O) groups is 2. The first-order valence-electron chi connectivity index (χ1n) is 9.54. The molecule has 150 valence electrons. The Bertz CT molecular complexity index is 1080. The van der Waals surface area contributed by atoms with Gasteiger partial charge in [0.2, 0.25) is 11.8 Å². The molecule has 2 aliphatic rings. The maximum Gasteiger partial charge on any atom is 0.246 e. The molecule has 1 unspecified atom stereocenters. The maximum atomic E-state index is 13.4. The molecule has 4 rings (SSSR count). The van der Waals surface area contributed by atoms with Gasteiger partial charge in [-0.3, -0.25) is 9.59 Å². The normalized spacial score (nSPS) is 18.7. The number of dihydropyridines is 1. The monoisotopic (exact) mass is 394 g/mol. The lowest BCUT2D eigenvalue weighted by Gasteiger charge is -2.29. The van der Waals surface area contributed by atoms with Crippen molar-refractivity contribution >= 4 is 22.7 Å². The van der Waals surface area contributed by atoms with E-state index in [0.717, 1.165) is 27.7 Å². The molecule has 0 radical (unpaired) electrons. The number of aromatic nitrogens is 1. The molecule has 29 heavy (non-hydrogen) atoms. The molecule has 6 nitrogen and oxygen atoms in total. The van der Waals surface area contributed by atoms with Gasteiger partial charge in [0.1, 0.15) is 12.0 Å². The number of rotatable bonds is 4. The van der Waals surface area contributed by atoms with Crippen molar-refractivity contribution in [2.45, 2.75) is 25.6 Å². The van der Waals surface area contributed by atoms with E-state index in [4.69, 9.17) is 0 Å². The molecule has 2 N–H and O–H groups in total. The van der Waals surface area contributed by atoms with Crippen LogP contribution in [0, 0.1) is 5.82 Å². The minimum Gasteiger partial charge on any atom is -0.367 e. The Hall–Kier alpha value is -3.35. The van der Waals surface area contributed by atoms with Gasteiger partial charge in [0.05, 0.1) is 6.54 Å². The zero-order chi connectivity index (χ0) is 20.5. The van der Waals surface area contributed by atoms with Gasteiger partial charge in [0, 0.05) is 49.4 Å². The van der Waals surface area contributed by atoms with Crippen LogP contribution in [0.2, 0.25) is 0 Å². The van der Waals surface area contributed by atoms with Crippen molar-refractivity contribution in [1.29, 1.82) is 0 Å².